The second-order valence-electron chi connectivity index (χ2n) is 3.87. The minimum absolute atomic E-state index is 0.0251. The third-order valence-electron chi connectivity index (χ3n) is 2.49. The molecule has 110 valence electrons. The van der Waals surface area contributed by atoms with Crippen molar-refractivity contribution in [2.45, 2.75) is 11.8 Å². The Kier molecular flexibility index (Phi) is 5.63. The molecule has 1 rings (SSSR count). The van der Waals surface area contributed by atoms with Crippen LogP contribution in [0.2, 0.25) is 5.02 Å². The van der Waals surface area contributed by atoms with Crippen molar-refractivity contribution in [1.29, 1.82) is 0 Å². The summed E-state index contributed by atoms with van der Waals surface area (Å²) in [6.07, 6.45) is 3.13. The first-order valence-electron chi connectivity index (χ1n) is 5.59. The molecule has 0 aliphatic rings. The maximum absolute atomic E-state index is 12.0. The fourth-order valence-corrected chi connectivity index (χ4v) is 2.71. The lowest BCUT2D eigenvalue weighted by Crippen LogP contribution is -2.24. The third kappa shape index (κ3) is 4.01. The molecular formula is C11H14ClN3O4S. The van der Waals surface area contributed by atoms with E-state index in [-0.39, 0.29) is 27.7 Å². The molecule has 0 heterocycles. The summed E-state index contributed by atoms with van der Waals surface area (Å²) in [5, 5.41) is 10.9. The van der Waals surface area contributed by atoms with Gasteiger partial charge in [-0.1, -0.05) is 23.8 Å². The van der Waals surface area contributed by atoms with Gasteiger partial charge in [-0.2, -0.15) is 0 Å². The van der Waals surface area contributed by atoms with Crippen LogP contribution in [0.3, 0.4) is 0 Å². The van der Waals surface area contributed by atoms with Gasteiger partial charge < -0.3 is 5.73 Å². The summed E-state index contributed by atoms with van der Waals surface area (Å²) < 4.78 is 26.2. The van der Waals surface area contributed by atoms with Crippen molar-refractivity contribution >= 4 is 27.3 Å². The molecule has 0 spiro atoms. The zero-order valence-electron chi connectivity index (χ0n) is 10.7. The number of rotatable bonds is 6. The van der Waals surface area contributed by atoms with Gasteiger partial charge in [0.25, 0.3) is 5.69 Å². The van der Waals surface area contributed by atoms with E-state index in [1.54, 1.807) is 12.2 Å². The van der Waals surface area contributed by atoms with Crippen molar-refractivity contribution in [3.8, 4) is 0 Å². The first-order valence-corrected chi connectivity index (χ1v) is 7.45. The van der Waals surface area contributed by atoms with Crippen LogP contribution in [0.4, 0.5) is 5.69 Å². The summed E-state index contributed by atoms with van der Waals surface area (Å²) >= 11 is 5.83. The average Bonchev–Trinajstić information content (AvgIpc) is 2.37. The van der Waals surface area contributed by atoms with Crippen LogP contribution in [-0.4, -0.2) is 26.4 Å². The number of sulfonamides is 1. The minimum Gasteiger partial charge on any atom is -0.327 e. The molecule has 0 aromatic heterocycles. The lowest BCUT2D eigenvalue weighted by molar-refractivity contribution is -0.385. The molecule has 7 nitrogen and oxygen atoms in total. The van der Waals surface area contributed by atoms with Crippen LogP contribution in [0.1, 0.15) is 5.56 Å². The lowest BCUT2D eigenvalue weighted by atomic mass is 10.2. The summed E-state index contributed by atoms with van der Waals surface area (Å²) in [6, 6.07) is 2.16. The molecule has 0 amide bonds. The van der Waals surface area contributed by atoms with Crippen LogP contribution >= 0.6 is 11.6 Å². The van der Waals surface area contributed by atoms with Gasteiger partial charge in [0.1, 0.15) is 0 Å². The maximum atomic E-state index is 12.0. The van der Waals surface area contributed by atoms with E-state index in [4.69, 9.17) is 17.3 Å². The van der Waals surface area contributed by atoms with Crippen LogP contribution in [0, 0.1) is 17.0 Å². The number of nitro benzene ring substituents is 1. The fourth-order valence-electron chi connectivity index (χ4n) is 1.41. The molecule has 0 unspecified atom stereocenters. The molecule has 9 heteroatoms. The normalized spacial score (nSPS) is 11.9. The Morgan fingerprint density at radius 3 is 2.65 bits per heavy atom. The quantitative estimate of drug-likeness (QED) is 0.466. The van der Waals surface area contributed by atoms with E-state index < -0.39 is 14.9 Å². The Morgan fingerprint density at radius 2 is 2.10 bits per heavy atom. The van der Waals surface area contributed by atoms with Crippen LogP contribution < -0.4 is 10.5 Å². The number of hydrogen-bond donors (Lipinski definition) is 2. The van der Waals surface area contributed by atoms with Gasteiger partial charge in [0.2, 0.25) is 10.0 Å². The summed E-state index contributed by atoms with van der Waals surface area (Å²) in [6.45, 7) is 1.79. The van der Waals surface area contributed by atoms with E-state index in [9.17, 15) is 18.5 Å². The molecule has 3 N–H and O–H groups in total. The van der Waals surface area contributed by atoms with Crippen molar-refractivity contribution < 1.29 is 13.3 Å². The highest BCUT2D eigenvalue weighted by atomic mass is 35.5. The summed E-state index contributed by atoms with van der Waals surface area (Å²) in [7, 11) is -3.87. The van der Waals surface area contributed by atoms with E-state index in [1.165, 1.54) is 13.0 Å². The number of nitro groups is 1. The lowest BCUT2D eigenvalue weighted by Gasteiger charge is -2.07. The molecule has 0 atom stereocenters. The number of benzene rings is 1. The minimum atomic E-state index is -3.87. The SMILES string of the molecule is Cc1c(Cl)cc(S(=O)(=O)NC/C=C/CN)cc1[N+](=O)[O-]. The molecule has 20 heavy (non-hydrogen) atoms. The van der Waals surface area contributed by atoms with Crippen molar-refractivity contribution in [3.05, 3.63) is 45.0 Å². The largest absolute Gasteiger partial charge is 0.327 e. The molecule has 0 bridgehead atoms. The van der Waals surface area contributed by atoms with E-state index in [2.05, 4.69) is 4.72 Å². The highest BCUT2D eigenvalue weighted by Crippen LogP contribution is 2.29. The standard InChI is InChI=1S/C11H14ClN3O4S/c1-8-10(12)6-9(7-11(8)15(16)17)20(18,19)14-5-3-2-4-13/h2-3,6-7,14H,4-5,13H2,1H3/b3-2+. The Morgan fingerprint density at radius 1 is 1.45 bits per heavy atom. The summed E-state index contributed by atoms with van der Waals surface area (Å²) in [4.78, 5) is 9.94. The Labute approximate surface area is 121 Å². The first kappa shape index (κ1) is 16.6. The molecular weight excluding hydrogens is 306 g/mol. The zero-order valence-corrected chi connectivity index (χ0v) is 12.2. The monoisotopic (exact) mass is 319 g/mol. The molecule has 0 aliphatic heterocycles. The molecule has 0 aliphatic carbocycles. The highest BCUT2D eigenvalue weighted by Gasteiger charge is 2.21. The third-order valence-corrected chi connectivity index (χ3v) is 4.29. The molecule has 1 aromatic carbocycles. The number of nitrogens with zero attached hydrogens (tertiary/aromatic N) is 1. The van der Waals surface area contributed by atoms with Crippen LogP contribution in [0.5, 0.6) is 0 Å². The van der Waals surface area contributed by atoms with Gasteiger partial charge in [-0.05, 0) is 13.0 Å². The van der Waals surface area contributed by atoms with Crippen LogP contribution in [0.25, 0.3) is 0 Å². The Bertz CT molecular complexity index is 643. The molecule has 0 fully saturated rings. The molecule has 0 radical (unpaired) electrons. The predicted molar refractivity (Wildman–Crippen MR) is 76.2 cm³/mol. The average molecular weight is 320 g/mol. The number of hydrogen-bond acceptors (Lipinski definition) is 5. The van der Waals surface area contributed by atoms with E-state index >= 15 is 0 Å². The topological polar surface area (TPSA) is 115 Å². The van der Waals surface area contributed by atoms with Gasteiger partial charge in [0, 0.05) is 24.7 Å². The highest BCUT2D eigenvalue weighted by molar-refractivity contribution is 7.89. The summed E-state index contributed by atoms with van der Waals surface area (Å²) in [5.74, 6) is 0. The maximum Gasteiger partial charge on any atom is 0.275 e. The Hall–Kier alpha value is -1.48. The smallest absolute Gasteiger partial charge is 0.275 e. The molecule has 0 saturated heterocycles. The number of nitrogens with one attached hydrogen (secondary N) is 1. The number of nitrogens with two attached hydrogens (primary N) is 1. The molecule has 1 aromatic rings. The fraction of sp³-hybridized carbons (Fsp3) is 0.273. The summed E-state index contributed by atoms with van der Waals surface area (Å²) in [5.41, 5.74) is 5.11. The van der Waals surface area contributed by atoms with Gasteiger partial charge >= 0.3 is 0 Å². The van der Waals surface area contributed by atoms with Gasteiger partial charge in [-0.15, -0.1) is 0 Å². The van der Waals surface area contributed by atoms with Crippen molar-refractivity contribution in [3.63, 3.8) is 0 Å². The predicted octanol–water partition coefficient (Wildman–Crippen LogP) is 1.35. The van der Waals surface area contributed by atoms with Crippen molar-refractivity contribution in [2.75, 3.05) is 13.1 Å². The number of halogens is 1. The molecule has 0 saturated carbocycles. The Balaban J connectivity index is 3.13. The van der Waals surface area contributed by atoms with E-state index in [0.717, 1.165) is 6.07 Å². The second-order valence-corrected chi connectivity index (χ2v) is 6.04. The van der Waals surface area contributed by atoms with Crippen molar-refractivity contribution in [1.82, 2.24) is 4.72 Å². The van der Waals surface area contributed by atoms with Crippen molar-refractivity contribution in [2.24, 2.45) is 5.73 Å². The van der Waals surface area contributed by atoms with Gasteiger partial charge in [-0.25, -0.2) is 13.1 Å². The second kappa shape index (κ2) is 6.80. The first-order chi connectivity index (χ1) is 9.29. The van der Waals surface area contributed by atoms with E-state index in [0.29, 0.717) is 6.54 Å². The zero-order chi connectivity index (χ0) is 15.3. The van der Waals surface area contributed by atoms with Crippen LogP contribution in [-0.2, 0) is 10.0 Å². The van der Waals surface area contributed by atoms with Crippen LogP contribution in [0.15, 0.2) is 29.2 Å². The van der Waals surface area contributed by atoms with Gasteiger partial charge in [0.05, 0.1) is 14.8 Å². The van der Waals surface area contributed by atoms with Gasteiger partial charge in [0.15, 0.2) is 0 Å². The van der Waals surface area contributed by atoms with E-state index in [1.807, 2.05) is 0 Å². The van der Waals surface area contributed by atoms with Gasteiger partial charge in [-0.3, -0.25) is 10.1 Å².